The Hall–Kier alpha value is -1.45. The molecule has 116 valence electrons. The van der Waals surface area contributed by atoms with Crippen molar-refractivity contribution in [2.45, 2.75) is 29.9 Å². The summed E-state index contributed by atoms with van der Waals surface area (Å²) >= 11 is 7.40. The van der Waals surface area contributed by atoms with Crippen LogP contribution in [0.1, 0.15) is 25.3 Å². The maximum absolute atomic E-state index is 12.2. The third-order valence-corrected chi connectivity index (χ3v) is 4.81. The summed E-state index contributed by atoms with van der Waals surface area (Å²) < 4.78 is 0. The summed E-state index contributed by atoms with van der Waals surface area (Å²) in [4.78, 5) is 13.2. The van der Waals surface area contributed by atoms with Crippen LogP contribution in [-0.2, 0) is 4.79 Å². The Balaban J connectivity index is 1.82. The van der Waals surface area contributed by atoms with Gasteiger partial charge in [0.1, 0.15) is 0 Å². The van der Waals surface area contributed by atoms with Crippen LogP contribution in [0.5, 0.6) is 0 Å². The van der Waals surface area contributed by atoms with E-state index in [9.17, 15) is 4.79 Å². The first kappa shape index (κ1) is 16.9. The maximum Gasteiger partial charge on any atom is 0.233 e. The molecule has 0 bridgehead atoms. The SMILES string of the molecule is C[C@H](CNC(=O)[C@@H](C)Sc1ccc(Cl)cc1)c1ccccc1. The van der Waals surface area contributed by atoms with Crippen molar-refractivity contribution in [3.05, 3.63) is 65.2 Å². The van der Waals surface area contributed by atoms with E-state index in [1.807, 2.05) is 49.4 Å². The van der Waals surface area contributed by atoms with Crippen molar-refractivity contribution in [2.75, 3.05) is 6.54 Å². The summed E-state index contributed by atoms with van der Waals surface area (Å²) in [7, 11) is 0. The zero-order chi connectivity index (χ0) is 15.9. The Labute approximate surface area is 141 Å². The van der Waals surface area contributed by atoms with Gasteiger partial charge in [-0.25, -0.2) is 0 Å². The van der Waals surface area contributed by atoms with Crippen LogP contribution in [-0.4, -0.2) is 17.7 Å². The molecule has 0 unspecified atom stereocenters. The van der Waals surface area contributed by atoms with E-state index in [1.165, 1.54) is 17.3 Å². The van der Waals surface area contributed by atoms with Gasteiger partial charge >= 0.3 is 0 Å². The zero-order valence-corrected chi connectivity index (χ0v) is 14.3. The van der Waals surface area contributed by atoms with Crippen molar-refractivity contribution in [2.24, 2.45) is 0 Å². The van der Waals surface area contributed by atoms with E-state index in [0.29, 0.717) is 17.5 Å². The molecule has 2 rings (SSSR count). The number of rotatable bonds is 6. The highest BCUT2D eigenvalue weighted by Crippen LogP contribution is 2.25. The van der Waals surface area contributed by atoms with Gasteiger partial charge in [-0.3, -0.25) is 4.79 Å². The molecule has 22 heavy (non-hydrogen) atoms. The van der Waals surface area contributed by atoms with Crippen molar-refractivity contribution < 1.29 is 4.79 Å². The van der Waals surface area contributed by atoms with Gasteiger partial charge < -0.3 is 5.32 Å². The Morgan fingerprint density at radius 3 is 2.36 bits per heavy atom. The third kappa shape index (κ3) is 5.08. The van der Waals surface area contributed by atoms with Crippen LogP contribution in [0.3, 0.4) is 0 Å². The van der Waals surface area contributed by atoms with Crippen LogP contribution in [0, 0.1) is 0 Å². The van der Waals surface area contributed by atoms with Gasteiger partial charge in [0, 0.05) is 16.5 Å². The Bertz CT molecular complexity index is 600. The summed E-state index contributed by atoms with van der Waals surface area (Å²) in [6.07, 6.45) is 0. The van der Waals surface area contributed by atoms with Crippen LogP contribution in [0.15, 0.2) is 59.5 Å². The smallest absolute Gasteiger partial charge is 0.233 e. The highest BCUT2D eigenvalue weighted by Gasteiger charge is 2.15. The highest BCUT2D eigenvalue weighted by atomic mass is 35.5. The molecule has 0 saturated heterocycles. The number of hydrogen-bond donors (Lipinski definition) is 1. The lowest BCUT2D eigenvalue weighted by Gasteiger charge is -2.16. The van der Waals surface area contributed by atoms with Gasteiger partial charge in [0.05, 0.1) is 5.25 Å². The molecule has 0 aromatic heterocycles. The van der Waals surface area contributed by atoms with Gasteiger partial charge in [0.15, 0.2) is 0 Å². The predicted octanol–water partition coefficient (Wildman–Crippen LogP) is 4.74. The van der Waals surface area contributed by atoms with Crippen molar-refractivity contribution >= 4 is 29.3 Å². The molecule has 0 spiro atoms. The molecule has 4 heteroatoms. The second-order valence-corrected chi connectivity index (χ2v) is 7.12. The van der Waals surface area contributed by atoms with Crippen molar-refractivity contribution in [1.29, 1.82) is 0 Å². The molecule has 0 radical (unpaired) electrons. The Morgan fingerprint density at radius 1 is 1.09 bits per heavy atom. The predicted molar refractivity (Wildman–Crippen MR) is 94.6 cm³/mol. The van der Waals surface area contributed by atoms with Crippen LogP contribution in [0.4, 0.5) is 0 Å². The highest BCUT2D eigenvalue weighted by molar-refractivity contribution is 8.00. The fraction of sp³-hybridized carbons (Fsp3) is 0.278. The minimum Gasteiger partial charge on any atom is -0.355 e. The van der Waals surface area contributed by atoms with Gasteiger partial charge in [0.25, 0.3) is 0 Å². The number of hydrogen-bond acceptors (Lipinski definition) is 2. The zero-order valence-electron chi connectivity index (χ0n) is 12.8. The summed E-state index contributed by atoms with van der Waals surface area (Å²) in [6, 6.07) is 17.8. The van der Waals surface area contributed by atoms with E-state index >= 15 is 0 Å². The number of nitrogens with one attached hydrogen (secondary N) is 1. The first-order valence-corrected chi connectivity index (χ1v) is 8.57. The second kappa shape index (κ2) is 8.25. The lowest BCUT2D eigenvalue weighted by molar-refractivity contribution is -0.120. The third-order valence-electron chi connectivity index (χ3n) is 3.45. The number of halogens is 1. The van der Waals surface area contributed by atoms with Gasteiger partial charge in [-0.05, 0) is 42.7 Å². The topological polar surface area (TPSA) is 29.1 Å². The lowest BCUT2D eigenvalue weighted by atomic mass is 10.0. The van der Waals surface area contributed by atoms with Crippen molar-refractivity contribution in [1.82, 2.24) is 5.32 Å². The molecule has 2 aromatic rings. The van der Waals surface area contributed by atoms with Crippen LogP contribution in [0.2, 0.25) is 5.02 Å². The molecule has 2 atom stereocenters. The molecule has 0 fully saturated rings. The monoisotopic (exact) mass is 333 g/mol. The van der Waals surface area contributed by atoms with Gasteiger partial charge in [-0.1, -0.05) is 48.9 Å². The molecule has 1 N–H and O–H groups in total. The fourth-order valence-corrected chi connectivity index (χ4v) is 3.09. The number of amides is 1. The lowest BCUT2D eigenvalue weighted by Crippen LogP contribution is -2.33. The van der Waals surface area contributed by atoms with E-state index in [4.69, 9.17) is 11.6 Å². The first-order valence-electron chi connectivity index (χ1n) is 7.31. The number of benzene rings is 2. The number of carbonyl (C=O) groups is 1. The standard InChI is InChI=1S/C18H20ClNOS/c1-13(15-6-4-3-5-7-15)12-20-18(21)14(2)22-17-10-8-16(19)9-11-17/h3-11,13-14H,12H2,1-2H3,(H,20,21)/t13-,14-/m1/s1. The minimum absolute atomic E-state index is 0.0581. The largest absolute Gasteiger partial charge is 0.355 e. The van der Waals surface area contributed by atoms with Crippen LogP contribution >= 0.6 is 23.4 Å². The first-order chi connectivity index (χ1) is 10.6. The van der Waals surface area contributed by atoms with Crippen LogP contribution < -0.4 is 5.32 Å². The molecule has 0 saturated carbocycles. The molecular formula is C18H20ClNOS. The van der Waals surface area contributed by atoms with E-state index < -0.39 is 0 Å². The van der Waals surface area contributed by atoms with E-state index in [2.05, 4.69) is 24.4 Å². The number of carbonyl (C=O) groups excluding carboxylic acids is 1. The summed E-state index contributed by atoms with van der Waals surface area (Å²) in [5.41, 5.74) is 1.24. The average Bonchev–Trinajstić information content (AvgIpc) is 2.55. The minimum atomic E-state index is -0.135. The van der Waals surface area contributed by atoms with Crippen LogP contribution in [0.25, 0.3) is 0 Å². The Morgan fingerprint density at radius 2 is 1.73 bits per heavy atom. The molecule has 2 nitrogen and oxygen atoms in total. The number of thioether (sulfide) groups is 1. The normalized spacial score (nSPS) is 13.4. The molecule has 0 aliphatic heterocycles. The van der Waals surface area contributed by atoms with Gasteiger partial charge in [-0.2, -0.15) is 0 Å². The molecule has 0 aliphatic carbocycles. The molecular weight excluding hydrogens is 314 g/mol. The molecule has 2 aromatic carbocycles. The quantitative estimate of drug-likeness (QED) is 0.773. The molecule has 1 amide bonds. The summed E-state index contributed by atoms with van der Waals surface area (Å²) in [6.45, 7) is 4.68. The van der Waals surface area contributed by atoms with Gasteiger partial charge in [0.2, 0.25) is 5.91 Å². The summed E-state index contributed by atoms with van der Waals surface area (Å²) in [5, 5.41) is 3.60. The van der Waals surface area contributed by atoms with E-state index in [0.717, 1.165) is 4.90 Å². The van der Waals surface area contributed by atoms with Crippen molar-refractivity contribution in [3.63, 3.8) is 0 Å². The van der Waals surface area contributed by atoms with Crippen molar-refractivity contribution in [3.8, 4) is 0 Å². The maximum atomic E-state index is 12.2. The second-order valence-electron chi connectivity index (χ2n) is 5.27. The Kier molecular flexibility index (Phi) is 6.34. The van der Waals surface area contributed by atoms with Gasteiger partial charge in [-0.15, -0.1) is 11.8 Å². The average molecular weight is 334 g/mol. The molecule has 0 heterocycles. The van der Waals surface area contributed by atoms with E-state index in [-0.39, 0.29) is 11.2 Å². The van der Waals surface area contributed by atoms with E-state index in [1.54, 1.807) is 0 Å². The summed E-state index contributed by atoms with van der Waals surface area (Å²) in [5.74, 6) is 0.362. The fourth-order valence-electron chi connectivity index (χ4n) is 2.07. The molecule has 0 aliphatic rings.